The van der Waals surface area contributed by atoms with Gasteiger partial charge >= 0.3 is 17.9 Å². The van der Waals surface area contributed by atoms with Crippen LogP contribution in [0.15, 0.2) is 12.2 Å². The van der Waals surface area contributed by atoms with Gasteiger partial charge in [-0.2, -0.15) is 0 Å². The summed E-state index contributed by atoms with van der Waals surface area (Å²) in [6, 6.07) is 0. The molecule has 0 fully saturated rings. The molecule has 8 nitrogen and oxygen atoms in total. The van der Waals surface area contributed by atoms with E-state index in [4.69, 9.17) is 5.11 Å². The van der Waals surface area contributed by atoms with Crippen molar-refractivity contribution in [2.45, 2.75) is 0 Å². The molecule has 0 aromatic heterocycles. The highest BCUT2D eigenvalue weighted by Gasteiger charge is 2.19. The van der Waals surface area contributed by atoms with Crippen molar-refractivity contribution in [1.82, 2.24) is 4.90 Å². The average molecular weight is 259 g/mol. The Kier molecular flexibility index (Phi) is 6.79. The zero-order valence-electron chi connectivity index (χ0n) is 9.91. The highest BCUT2D eigenvalue weighted by atomic mass is 16.5. The van der Waals surface area contributed by atoms with Crippen molar-refractivity contribution in [3.05, 3.63) is 12.2 Å². The summed E-state index contributed by atoms with van der Waals surface area (Å²) < 4.78 is 8.69. The maximum absolute atomic E-state index is 11.5. The fourth-order valence-electron chi connectivity index (χ4n) is 0.900. The summed E-state index contributed by atoms with van der Waals surface area (Å²) in [4.78, 5) is 44.6. The van der Waals surface area contributed by atoms with Crippen LogP contribution in [0.25, 0.3) is 0 Å². The van der Waals surface area contributed by atoms with E-state index in [9.17, 15) is 19.2 Å². The van der Waals surface area contributed by atoms with Gasteiger partial charge in [-0.1, -0.05) is 0 Å². The van der Waals surface area contributed by atoms with E-state index in [1.165, 1.54) is 0 Å². The van der Waals surface area contributed by atoms with Crippen LogP contribution in [0, 0.1) is 0 Å². The van der Waals surface area contributed by atoms with E-state index in [0.717, 1.165) is 25.2 Å². The fourth-order valence-corrected chi connectivity index (χ4v) is 0.900. The molecule has 0 aliphatic rings. The molecule has 0 atom stereocenters. The number of nitrogens with zero attached hydrogens (tertiary/aromatic N) is 1. The molecule has 0 radical (unpaired) electrons. The molecule has 0 aromatic rings. The normalized spacial score (nSPS) is 9.89. The van der Waals surface area contributed by atoms with Crippen LogP contribution in [-0.4, -0.2) is 61.1 Å². The molecule has 0 bridgehead atoms. The number of ether oxygens (including phenoxy) is 2. The standard InChI is InChI=1S/C10H13NO7/c1-17-9(15)5-11(6-10(16)18-2)7(12)3-4-8(13)14/h3-4H,5-6H2,1-2H3,(H,13,14). The summed E-state index contributed by atoms with van der Waals surface area (Å²) in [5, 5.41) is 8.36. The van der Waals surface area contributed by atoms with Crippen molar-refractivity contribution < 1.29 is 33.8 Å². The summed E-state index contributed by atoms with van der Waals surface area (Å²) >= 11 is 0. The van der Waals surface area contributed by atoms with Gasteiger partial charge in [0.05, 0.1) is 14.2 Å². The number of rotatable bonds is 6. The van der Waals surface area contributed by atoms with Crippen LogP contribution in [0.3, 0.4) is 0 Å². The average Bonchev–Trinajstić information content (AvgIpc) is 2.34. The van der Waals surface area contributed by atoms with Gasteiger partial charge in [-0.25, -0.2) is 4.79 Å². The van der Waals surface area contributed by atoms with E-state index >= 15 is 0 Å². The van der Waals surface area contributed by atoms with Crippen molar-refractivity contribution in [3.63, 3.8) is 0 Å². The first-order valence-electron chi connectivity index (χ1n) is 4.74. The Morgan fingerprint density at radius 1 is 1.00 bits per heavy atom. The topological polar surface area (TPSA) is 110 Å². The Morgan fingerprint density at radius 3 is 1.78 bits per heavy atom. The largest absolute Gasteiger partial charge is 0.478 e. The molecule has 0 rings (SSSR count). The number of carbonyl (C=O) groups excluding carboxylic acids is 3. The SMILES string of the molecule is COC(=O)CN(CC(=O)OC)C(=O)C=CC(=O)O. The predicted octanol–water partition coefficient (Wildman–Crippen LogP) is -1.20. The molecule has 1 amide bonds. The Bertz CT molecular complexity index is 356. The predicted molar refractivity (Wildman–Crippen MR) is 57.4 cm³/mol. The number of aliphatic carboxylic acids is 1. The van der Waals surface area contributed by atoms with E-state index in [1.807, 2.05) is 0 Å². The minimum atomic E-state index is -1.32. The third-order valence-electron chi connectivity index (χ3n) is 1.78. The summed E-state index contributed by atoms with van der Waals surface area (Å²) in [6.07, 6.45) is 1.33. The van der Waals surface area contributed by atoms with Gasteiger partial charge in [-0.05, 0) is 0 Å². The van der Waals surface area contributed by atoms with Gasteiger partial charge in [-0.3, -0.25) is 14.4 Å². The smallest absolute Gasteiger partial charge is 0.328 e. The number of methoxy groups -OCH3 is 2. The molecule has 18 heavy (non-hydrogen) atoms. The maximum Gasteiger partial charge on any atom is 0.328 e. The maximum atomic E-state index is 11.5. The number of carboxylic acid groups (broad SMARTS) is 1. The summed E-state index contributed by atoms with van der Waals surface area (Å²) in [6.45, 7) is -0.956. The second-order valence-electron chi connectivity index (χ2n) is 3.02. The number of carbonyl (C=O) groups is 4. The molecule has 100 valence electrons. The highest BCUT2D eigenvalue weighted by Crippen LogP contribution is 1.95. The highest BCUT2D eigenvalue weighted by molar-refractivity contribution is 5.96. The molecule has 0 saturated carbocycles. The Balaban J connectivity index is 4.73. The van der Waals surface area contributed by atoms with E-state index in [-0.39, 0.29) is 0 Å². The van der Waals surface area contributed by atoms with E-state index in [1.54, 1.807) is 0 Å². The zero-order chi connectivity index (χ0) is 14.1. The molecule has 0 unspecified atom stereocenters. The Morgan fingerprint density at radius 2 is 1.44 bits per heavy atom. The molecular weight excluding hydrogens is 246 g/mol. The molecular formula is C10H13NO7. The molecule has 8 heteroatoms. The zero-order valence-corrected chi connectivity index (χ0v) is 9.91. The van der Waals surface area contributed by atoms with Gasteiger partial charge in [0.2, 0.25) is 5.91 Å². The van der Waals surface area contributed by atoms with Crippen LogP contribution >= 0.6 is 0 Å². The number of carboxylic acids is 1. The lowest BCUT2D eigenvalue weighted by Crippen LogP contribution is -2.39. The monoisotopic (exact) mass is 259 g/mol. The van der Waals surface area contributed by atoms with Crippen LogP contribution in [0.4, 0.5) is 0 Å². The van der Waals surface area contributed by atoms with Crippen LogP contribution in [0.5, 0.6) is 0 Å². The molecule has 0 heterocycles. The lowest BCUT2D eigenvalue weighted by molar-refractivity contribution is -0.150. The summed E-state index contributed by atoms with van der Waals surface area (Å²) in [7, 11) is 2.24. The molecule has 0 spiro atoms. The van der Waals surface area contributed by atoms with Gasteiger partial charge in [0.1, 0.15) is 13.1 Å². The third-order valence-corrected chi connectivity index (χ3v) is 1.78. The van der Waals surface area contributed by atoms with Gasteiger partial charge in [0.25, 0.3) is 0 Å². The van der Waals surface area contributed by atoms with Crippen LogP contribution in [0.2, 0.25) is 0 Å². The molecule has 1 N–H and O–H groups in total. The fraction of sp³-hybridized carbons (Fsp3) is 0.400. The van der Waals surface area contributed by atoms with Crippen LogP contribution in [0.1, 0.15) is 0 Å². The van der Waals surface area contributed by atoms with Crippen LogP contribution < -0.4 is 0 Å². The second-order valence-corrected chi connectivity index (χ2v) is 3.02. The first kappa shape index (κ1) is 15.6. The van der Waals surface area contributed by atoms with Gasteiger partial charge in [0.15, 0.2) is 0 Å². The van der Waals surface area contributed by atoms with Crippen molar-refractivity contribution in [2.24, 2.45) is 0 Å². The Labute approximate surface area is 103 Å². The van der Waals surface area contributed by atoms with E-state index in [0.29, 0.717) is 6.08 Å². The Hall–Kier alpha value is -2.38. The molecule has 0 saturated heterocycles. The van der Waals surface area contributed by atoms with Crippen molar-refractivity contribution in [2.75, 3.05) is 27.3 Å². The molecule has 0 aliphatic heterocycles. The first-order chi connectivity index (χ1) is 8.40. The number of amides is 1. The minimum Gasteiger partial charge on any atom is -0.478 e. The van der Waals surface area contributed by atoms with Crippen molar-refractivity contribution >= 4 is 23.8 Å². The van der Waals surface area contributed by atoms with Crippen molar-refractivity contribution in [1.29, 1.82) is 0 Å². The van der Waals surface area contributed by atoms with Gasteiger partial charge < -0.3 is 19.5 Å². The quantitative estimate of drug-likeness (QED) is 0.471. The summed E-state index contributed by atoms with van der Waals surface area (Å²) in [5.74, 6) is -3.61. The van der Waals surface area contributed by atoms with Crippen molar-refractivity contribution in [3.8, 4) is 0 Å². The third kappa shape index (κ3) is 6.26. The van der Waals surface area contributed by atoms with E-state index < -0.39 is 36.9 Å². The molecule has 0 aliphatic carbocycles. The molecule has 0 aromatic carbocycles. The second kappa shape index (κ2) is 7.82. The number of hydrogen-bond donors (Lipinski definition) is 1. The minimum absolute atomic E-state index is 0.478. The lowest BCUT2D eigenvalue weighted by atomic mass is 10.4. The summed E-state index contributed by atoms with van der Waals surface area (Å²) in [5.41, 5.74) is 0. The number of esters is 2. The van der Waals surface area contributed by atoms with E-state index in [2.05, 4.69) is 9.47 Å². The lowest BCUT2D eigenvalue weighted by Gasteiger charge is -2.17. The number of hydrogen-bond acceptors (Lipinski definition) is 6. The first-order valence-corrected chi connectivity index (χ1v) is 4.74. The van der Waals surface area contributed by atoms with Gasteiger partial charge in [-0.15, -0.1) is 0 Å². The van der Waals surface area contributed by atoms with Crippen LogP contribution in [-0.2, 0) is 28.7 Å². The van der Waals surface area contributed by atoms with Gasteiger partial charge in [0, 0.05) is 12.2 Å².